The molecule has 0 spiro atoms. The molecule has 0 aliphatic rings. The fraction of sp³-hybridized carbons (Fsp3) is 0.467. The summed E-state index contributed by atoms with van der Waals surface area (Å²) < 4.78 is 0. The Morgan fingerprint density at radius 3 is 2.65 bits per heavy atom. The zero-order chi connectivity index (χ0) is 15.1. The summed E-state index contributed by atoms with van der Waals surface area (Å²) in [6, 6.07) is 3.90. The first-order chi connectivity index (χ1) is 9.20. The third kappa shape index (κ3) is 2.77. The van der Waals surface area contributed by atoms with Crippen molar-refractivity contribution in [2.75, 3.05) is 5.73 Å². The number of nitrogens with two attached hydrogens (primary N) is 1. The Morgan fingerprint density at radius 2 is 2.05 bits per heavy atom. The van der Waals surface area contributed by atoms with E-state index in [0.717, 1.165) is 15.9 Å². The minimum Gasteiger partial charge on any atom is -0.397 e. The summed E-state index contributed by atoms with van der Waals surface area (Å²) in [7, 11) is 0. The second kappa shape index (κ2) is 5.05. The molecular formula is C15H21N3OS. The van der Waals surface area contributed by atoms with Crippen LogP contribution in [0.2, 0.25) is 0 Å². The number of carbonyl (C=O) groups excluding carboxylic acids is 1. The van der Waals surface area contributed by atoms with Crippen molar-refractivity contribution in [3.05, 3.63) is 22.7 Å². The van der Waals surface area contributed by atoms with Crippen molar-refractivity contribution in [3.63, 3.8) is 0 Å². The van der Waals surface area contributed by atoms with E-state index >= 15 is 0 Å². The molecule has 0 aliphatic carbocycles. The molecule has 0 fully saturated rings. The maximum atomic E-state index is 12.4. The van der Waals surface area contributed by atoms with Crippen molar-refractivity contribution in [1.82, 2.24) is 10.3 Å². The average Bonchev–Trinajstić information content (AvgIpc) is 2.65. The van der Waals surface area contributed by atoms with Crippen molar-refractivity contribution in [2.24, 2.45) is 5.41 Å². The highest BCUT2D eigenvalue weighted by Gasteiger charge is 2.24. The number of nitrogens with one attached hydrogen (secondary N) is 1. The highest BCUT2D eigenvalue weighted by molar-refractivity contribution is 7.21. The molecule has 2 aromatic heterocycles. The van der Waals surface area contributed by atoms with E-state index in [2.05, 4.69) is 31.1 Å². The van der Waals surface area contributed by atoms with Crippen molar-refractivity contribution < 1.29 is 4.79 Å². The number of aromatic nitrogens is 1. The van der Waals surface area contributed by atoms with E-state index in [1.165, 1.54) is 11.3 Å². The van der Waals surface area contributed by atoms with Crippen LogP contribution in [0, 0.1) is 12.3 Å². The van der Waals surface area contributed by atoms with Crippen LogP contribution in [0.5, 0.6) is 0 Å². The fourth-order valence-corrected chi connectivity index (χ4v) is 2.78. The van der Waals surface area contributed by atoms with Crippen molar-refractivity contribution in [2.45, 2.75) is 40.7 Å². The molecule has 108 valence electrons. The first kappa shape index (κ1) is 14.8. The second-order valence-electron chi connectivity index (χ2n) is 6.21. The van der Waals surface area contributed by atoms with Gasteiger partial charge >= 0.3 is 0 Å². The van der Waals surface area contributed by atoms with Gasteiger partial charge in [-0.15, -0.1) is 11.3 Å². The molecule has 0 saturated carbocycles. The van der Waals surface area contributed by atoms with Gasteiger partial charge in [0.15, 0.2) is 0 Å². The van der Waals surface area contributed by atoms with Gasteiger partial charge in [0, 0.05) is 17.1 Å². The fourth-order valence-electron chi connectivity index (χ4n) is 1.74. The monoisotopic (exact) mass is 291 g/mol. The number of hydrogen-bond donors (Lipinski definition) is 2. The van der Waals surface area contributed by atoms with Gasteiger partial charge < -0.3 is 11.1 Å². The standard InChI is InChI=1S/C15H21N3OS/c1-8-6-7-10-11(16)12(20-14(10)17-8)13(19)18-9(2)15(3,4)5/h6-7,9H,16H2,1-5H3,(H,18,19). The lowest BCUT2D eigenvalue weighted by Crippen LogP contribution is -2.41. The molecule has 5 heteroatoms. The number of amides is 1. The van der Waals surface area contributed by atoms with E-state index in [0.29, 0.717) is 10.6 Å². The Balaban J connectivity index is 2.33. The summed E-state index contributed by atoms with van der Waals surface area (Å²) in [6.45, 7) is 10.2. The first-order valence-corrected chi connectivity index (χ1v) is 7.48. The van der Waals surface area contributed by atoms with Crippen LogP contribution in [0.4, 0.5) is 5.69 Å². The normalized spacial score (nSPS) is 13.4. The zero-order valence-electron chi connectivity index (χ0n) is 12.6. The van der Waals surface area contributed by atoms with Gasteiger partial charge in [-0.1, -0.05) is 20.8 Å². The number of aryl methyl sites for hydroxylation is 1. The quantitative estimate of drug-likeness (QED) is 0.891. The number of thiophene rings is 1. The largest absolute Gasteiger partial charge is 0.397 e. The minimum atomic E-state index is -0.120. The Morgan fingerprint density at radius 1 is 1.40 bits per heavy atom. The third-order valence-corrected chi connectivity index (χ3v) is 4.70. The van der Waals surface area contributed by atoms with E-state index in [-0.39, 0.29) is 17.4 Å². The molecule has 2 aromatic rings. The third-order valence-electron chi connectivity index (χ3n) is 3.59. The molecule has 0 radical (unpaired) electrons. The molecule has 0 aromatic carbocycles. The smallest absolute Gasteiger partial charge is 0.263 e. The van der Waals surface area contributed by atoms with Gasteiger partial charge in [0.1, 0.15) is 9.71 Å². The molecule has 3 N–H and O–H groups in total. The van der Waals surface area contributed by atoms with Crippen molar-refractivity contribution in [1.29, 1.82) is 0 Å². The topological polar surface area (TPSA) is 68.0 Å². The van der Waals surface area contributed by atoms with Crippen LogP contribution in [0.15, 0.2) is 12.1 Å². The molecule has 4 nitrogen and oxygen atoms in total. The van der Waals surface area contributed by atoms with Gasteiger partial charge in [-0.25, -0.2) is 4.98 Å². The number of pyridine rings is 1. The molecule has 2 rings (SSSR count). The first-order valence-electron chi connectivity index (χ1n) is 6.66. The molecule has 1 unspecified atom stereocenters. The summed E-state index contributed by atoms with van der Waals surface area (Å²) in [5, 5.41) is 3.87. The van der Waals surface area contributed by atoms with Gasteiger partial charge in [-0.05, 0) is 31.4 Å². The number of hydrogen-bond acceptors (Lipinski definition) is 4. The van der Waals surface area contributed by atoms with Crippen LogP contribution in [-0.4, -0.2) is 16.9 Å². The van der Waals surface area contributed by atoms with Crippen LogP contribution in [-0.2, 0) is 0 Å². The van der Waals surface area contributed by atoms with E-state index in [1.54, 1.807) is 0 Å². The number of nitrogens with zero attached hydrogens (tertiary/aromatic N) is 1. The number of carbonyl (C=O) groups is 1. The maximum Gasteiger partial charge on any atom is 0.263 e. The SMILES string of the molecule is Cc1ccc2c(N)c(C(=O)NC(C)C(C)(C)C)sc2n1. The average molecular weight is 291 g/mol. The summed E-state index contributed by atoms with van der Waals surface area (Å²) in [5.41, 5.74) is 7.54. The lowest BCUT2D eigenvalue weighted by Gasteiger charge is -2.27. The molecule has 0 bridgehead atoms. The minimum absolute atomic E-state index is 0.00986. The molecule has 0 saturated heterocycles. The lowest BCUT2D eigenvalue weighted by molar-refractivity contribution is 0.0915. The van der Waals surface area contributed by atoms with Gasteiger partial charge in [0.05, 0.1) is 5.69 Å². The van der Waals surface area contributed by atoms with Gasteiger partial charge in [0.25, 0.3) is 5.91 Å². The van der Waals surface area contributed by atoms with Crippen molar-refractivity contribution in [3.8, 4) is 0 Å². The van der Waals surface area contributed by atoms with E-state index in [1.807, 2.05) is 26.0 Å². The predicted octanol–water partition coefficient (Wildman–Crippen LogP) is 3.35. The summed E-state index contributed by atoms with van der Waals surface area (Å²) in [5.74, 6) is -0.120. The highest BCUT2D eigenvalue weighted by Crippen LogP contribution is 2.32. The van der Waals surface area contributed by atoms with Crippen molar-refractivity contribution >= 4 is 33.1 Å². The Bertz CT molecular complexity index is 655. The van der Waals surface area contributed by atoms with Crippen LogP contribution < -0.4 is 11.1 Å². The van der Waals surface area contributed by atoms with Gasteiger partial charge in [-0.2, -0.15) is 0 Å². The molecule has 20 heavy (non-hydrogen) atoms. The summed E-state index contributed by atoms with van der Waals surface area (Å²) in [4.78, 5) is 18.2. The summed E-state index contributed by atoms with van der Waals surface area (Å²) >= 11 is 1.35. The lowest BCUT2D eigenvalue weighted by atomic mass is 9.88. The number of rotatable bonds is 2. The Hall–Kier alpha value is -1.62. The van der Waals surface area contributed by atoms with E-state index in [9.17, 15) is 4.79 Å². The second-order valence-corrected chi connectivity index (χ2v) is 7.21. The van der Waals surface area contributed by atoms with Crippen LogP contribution >= 0.6 is 11.3 Å². The van der Waals surface area contributed by atoms with E-state index in [4.69, 9.17) is 5.73 Å². The Kier molecular flexibility index (Phi) is 3.73. The van der Waals surface area contributed by atoms with Gasteiger partial charge in [0.2, 0.25) is 0 Å². The molecule has 2 heterocycles. The predicted molar refractivity (Wildman–Crippen MR) is 85.2 cm³/mol. The highest BCUT2D eigenvalue weighted by atomic mass is 32.1. The van der Waals surface area contributed by atoms with Crippen LogP contribution in [0.3, 0.4) is 0 Å². The Labute approximate surface area is 123 Å². The zero-order valence-corrected chi connectivity index (χ0v) is 13.4. The molecule has 0 aliphatic heterocycles. The molecular weight excluding hydrogens is 270 g/mol. The molecule has 1 atom stereocenters. The van der Waals surface area contributed by atoms with Crippen LogP contribution in [0.1, 0.15) is 43.1 Å². The van der Waals surface area contributed by atoms with E-state index < -0.39 is 0 Å². The molecule has 1 amide bonds. The maximum absolute atomic E-state index is 12.4. The number of nitrogen functional groups attached to an aromatic ring is 1. The summed E-state index contributed by atoms with van der Waals surface area (Å²) in [6.07, 6.45) is 0. The van der Waals surface area contributed by atoms with Crippen LogP contribution in [0.25, 0.3) is 10.2 Å². The number of anilines is 1. The van der Waals surface area contributed by atoms with Gasteiger partial charge in [-0.3, -0.25) is 4.79 Å². The number of fused-ring (bicyclic) bond motifs is 1.